The lowest BCUT2D eigenvalue weighted by atomic mass is 10.1. The molecule has 1 fully saturated rings. The van der Waals surface area contributed by atoms with Crippen molar-refractivity contribution in [1.29, 1.82) is 0 Å². The molecule has 6 heteroatoms. The van der Waals surface area contributed by atoms with Gasteiger partial charge in [0.1, 0.15) is 12.4 Å². The summed E-state index contributed by atoms with van der Waals surface area (Å²) in [4.78, 5) is 23.9. The zero-order chi connectivity index (χ0) is 13.8. The molecule has 2 rings (SSSR count). The third-order valence-electron chi connectivity index (χ3n) is 3.06. The number of hydrogen-bond acceptors (Lipinski definition) is 3. The number of halogens is 1. The van der Waals surface area contributed by atoms with Gasteiger partial charge in [0, 0.05) is 18.7 Å². The Morgan fingerprint density at radius 1 is 1.32 bits per heavy atom. The standard InChI is InChI=1S/C13H15FN2O3/c14-10-7-9(13(19)15-8-12(17)18)3-4-11(10)16-5-1-2-6-16/h3-4,7H,1-2,5-6,8H2,(H,15,19)(H,17,18). The van der Waals surface area contributed by atoms with Crippen LogP contribution in [0.4, 0.5) is 10.1 Å². The number of carbonyl (C=O) groups excluding carboxylic acids is 1. The van der Waals surface area contributed by atoms with Crippen LogP contribution < -0.4 is 10.2 Å². The number of carboxylic acid groups (broad SMARTS) is 1. The van der Waals surface area contributed by atoms with Gasteiger partial charge in [-0.3, -0.25) is 9.59 Å². The van der Waals surface area contributed by atoms with Crippen LogP contribution in [0.1, 0.15) is 23.2 Å². The zero-order valence-corrected chi connectivity index (χ0v) is 10.4. The Morgan fingerprint density at radius 3 is 2.58 bits per heavy atom. The van der Waals surface area contributed by atoms with Crippen molar-refractivity contribution in [3.63, 3.8) is 0 Å². The quantitative estimate of drug-likeness (QED) is 0.860. The summed E-state index contributed by atoms with van der Waals surface area (Å²) in [5.74, 6) is -2.18. The molecule has 1 aliphatic rings. The number of amides is 1. The lowest BCUT2D eigenvalue weighted by molar-refractivity contribution is -0.135. The second kappa shape index (κ2) is 5.69. The smallest absolute Gasteiger partial charge is 0.322 e. The SMILES string of the molecule is O=C(O)CNC(=O)c1ccc(N2CCCC2)c(F)c1. The lowest BCUT2D eigenvalue weighted by Crippen LogP contribution is -2.29. The Bertz CT molecular complexity index is 499. The molecule has 0 atom stereocenters. The summed E-state index contributed by atoms with van der Waals surface area (Å²) in [6.45, 7) is 1.16. The maximum Gasteiger partial charge on any atom is 0.322 e. The van der Waals surface area contributed by atoms with Gasteiger partial charge in [0.2, 0.25) is 0 Å². The van der Waals surface area contributed by atoms with E-state index in [0.717, 1.165) is 32.0 Å². The molecule has 102 valence electrons. The Labute approximate surface area is 110 Å². The first-order chi connectivity index (χ1) is 9.08. The van der Waals surface area contributed by atoms with Gasteiger partial charge < -0.3 is 15.3 Å². The average molecular weight is 266 g/mol. The maximum atomic E-state index is 13.9. The molecule has 0 unspecified atom stereocenters. The molecule has 1 amide bonds. The first-order valence-electron chi connectivity index (χ1n) is 6.12. The molecule has 19 heavy (non-hydrogen) atoms. The summed E-state index contributed by atoms with van der Waals surface area (Å²) in [5.41, 5.74) is 0.619. The van der Waals surface area contributed by atoms with Crippen LogP contribution in [0, 0.1) is 5.82 Å². The van der Waals surface area contributed by atoms with Crippen LogP contribution in [0.15, 0.2) is 18.2 Å². The molecular formula is C13H15FN2O3. The molecule has 1 aromatic carbocycles. The van der Waals surface area contributed by atoms with Gasteiger partial charge in [-0.05, 0) is 31.0 Å². The molecule has 0 radical (unpaired) electrons. The highest BCUT2D eigenvalue weighted by Gasteiger charge is 2.17. The number of rotatable bonds is 4. The van der Waals surface area contributed by atoms with Crippen LogP contribution in [0.2, 0.25) is 0 Å². The van der Waals surface area contributed by atoms with Crippen LogP contribution in [0.5, 0.6) is 0 Å². The summed E-state index contributed by atoms with van der Waals surface area (Å²) in [5, 5.41) is 10.7. The third-order valence-corrected chi connectivity index (χ3v) is 3.06. The Kier molecular flexibility index (Phi) is 3.99. The number of hydrogen-bond donors (Lipinski definition) is 2. The second-order valence-electron chi connectivity index (χ2n) is 4.44. The van der Waals surface area contributed by atoms with E-state index < -0.39 is 24.2 Å². The van der Waals surface area contributed by atoms with Gasteiger partial charge in [0.15, 0.2) is 0 Å². The fourth-order valence-electron chi connectivity index (χ4n) is 2.12. The van der Waals surface area contributed by atoms with Gasteiger partial charge >= 0.3 is 5.97 Å². The van der Waals surface area contributed by atoms with Crippen molar-refractivity contribution in [3.8, 4) is 0 Å². The van der Waals surface area contributed by atoms with Crippen LogP contribution in [0.3, 0.4) is 0 Å². The van der Waals surface area contributed by atoms with E-state index in [1.165, 1.54) is 6.07 Å². The average Bonchev–Trinajstić information content (AvgIpc) is 2.89. The van der Waals surface area contributed by atoms with Crippen molar-refractivity contribution < 1.29 is 19.1 Å². The first-order valence-corrected chi connectivity index (χ1v) is 6.12. The molecule has 0 saturated carbocycles. The molecule has 1 heterocycles. The summed E-state index contributed by atoms with van der Waals surface area (Å²) >= 11 is 0. The third kappa shape index (κ3) is 3.21. The Morgan fingerprint density at radius 2 is 2.00 bits per heavy atom. The minimum atomic E-state index is -1.14. The number of anilines is 1. The van der Waals surface area contributed by atoms with E-state index in [-0.39, 0.29) is 5.56 Å². The molecule has 1 saturated heterocycles. The minimum absolute atomic E-state index is 0.127. The predicted molar refractivity (Wildman–Crippen MR) is 67.8 cm³/mol. The Balaban J connectivity index is 2.09. The summed E-state index contributed by atoms with van der Waals surface area (Å²) in [6, 6.07) is 4.22. The van der Waals surface area contributed by atoms with Gasteiger partial charge in [-0.1, -0.05) is 0 Å². The summed E-state index contributed by atoms with van der Waals surface area (Å²) in [7, 11) is 0. The van der Waals surface area contributed by atoms with Crippen molar-refractivity contribution >= 4 is 17.6 Å². The highest BCUT2D eigenvalue weighted by Crippen LogP contribution is 2.24. The van der Waals surface area contributed by atoms with E-state index in [2.05, 4.69) is 5.32 Å². The van der Waals surface area contributed by atoms with Crippen molar-refractivity contribution in [2.24, 2.45) is 0 Å². The van der Waals surface area contributed by atoms with E-state index in [9.17, 15) is 14.0 Å². The second-order valence-corrected chi connectivity index (χ2v) is 4.44. The summed E-state index contributed by atoms with van der Waals surface area (Å²) in [6.07, 6.45) is 2.08. The van der Waals surface area contributed by atoms with Crippen LogP contribution in [0.25, 0.3) is 0 Å². The van der Waals surface area contributed by atoms with E-state index in [4.69, 9.17) is 5.11 Å². The van der Waals surface area contributed by atoms with E-state index in [0.29, 0.717) is 5.69 Å². The van der Waals surface area contributed by atoms with Crippen molar-refractivity contribution in [3.05, 3.63) is 29.6 Å². The molecule has 0 aliphatic carbocycles. The van der Waals surface area contributed by atoms with Gasteiger partial charge in [0.05, 0.1) is 5.69 Å². The largest absolute Gasteiger partial charge is 0.480 e. The number of carbonyl (C=O) groups is 2. The number of benzene rings is 1. The molecule has 1 aromatic rings. The fourth-order valence-corrected chi connectivity index (χ4v) is 2.12. The first kappa shape index (κ1) is 13.3. The highest BCUT2D eigenvalue weighted by atomic mass is 19.1. The molecule has 0 spiro atoms. The van der Waals surface area contributed by atoms with Crippen molar-refractivity contribution in [2.45, 2.75) is 12.8 Å². The van der Waals surface area contributed by atoms with Gasteiger partial charge in [-0.2, -0.15) is 0 Å². The maximum absolute atomic E-state index is 13.9. The van der Waals surface area contributed by atoms with E-state index >= 15 is 0 Å². The molecule has 5 nitrogen and oxygen atoms in total. The number of aliphatic carboxylic acids is 1. The van der Waals surface area contributed by atoms with Crippen LogP contribution >= 0.6 is 0 Å². The molecule has 0 bridgehead atoms. The molecule has 0 aromatic heterocycles. The Hall–Kier alpha value is -2.11. The molecular weight excluding hydrogens is 251 g/mol. The minimum Gasteiger partial charge on any atom is -0.480 e. The van der Waals surface area contributed by atoms with Gasteiger partial charge in [-0.25, -0.2) is 4.39 Å². The molecule has 1 aliphatic heterocycles. The highest BCUT2D eigenvalue weighted by molar-refractivity contribution is 5.96. The van der Waals surface area contributed by atoms with E-state index in [1.807, 2.05) is 4.90 Å². The zero-order valence-electron chi connectivity index (χ0n) is 10.4. The fraction of sp³-hybridized carbons (Fsp3) is 0.385. The van der Waals surface area contributed by atoms with Gasteiger partial charge in [-0.15, -0.1) is 0 Å². The number of carboxylic acids is 1. The topological polar surface area (TPSA) is 69.6 Å². The van der Waals surface area contributed by atoms with Crippen molar-refractivity contribution in [1.82, 2.24) is 5.32 Å². The predicted octanol–water partition coefficient (Wildman–Crippen LogP) is 1.24. The van der Waals surface area contributed by atoms with Gasteiger partial charge in [0.25, 0.3) is 5.91 Å². The van der Waals surface area contributed by atoms with Crippen molar-refractivity contribution in [2.75, 3.05) is 24.5 Å². The number of nitrogens with zero attached hydrogens (tertiary/aromatic N) is 1. The normalized spacial score (nSPS) is 14.5. The van der Waals surface area contributed by atoms with Crippen LogP contribution in [-0.4, -0.2) is 36.6 Å². The molecule has 2 N–H and O–H groups in total. The summed E-state index contributed by atoms with van der Waals surface area (Å²) < 4.78 is 13.9. The lowest BCUT2D eigenvalue weighted by Gasteiger charge is -2.18. The van der Waals surface area contributed by atoms with Crippen LogP contribution in [-0.2, 0) is 4.79 Å². The monoisotopic (exact) mass is 266 g/mol. The van der Waals surface area contributed by atoms with E-state index in [1.54, 1.807) is 6.07 Å². The number of nitrogens with one attached hydrogen (secondary N) is 1.